The van der Waals surface area contributed by atoms with Crippen molar-refractivity contribution in [2.75, 3.05) is 0 Å². The highest BCUT2D eigenvalue weighted by atomic mass is 35.5. The first-order valence-corrected chi connectivity index (χ1v) is 10.8. The van der Waals surface area contributed by atoms with Crippen molar-refractivity contribution in [1.82, 2.24) is 5.43 Å². The number of fused-ring (bicyclic) bond motifs is 1. The summed E-state index contributed by atoms with van der Waals surface area (Å²) in [5.74, 6) is -0.520. The molecule has 11 nitrogen and oxygen atoms in total. The van der Waals surface area contributed by atoms with Crippen molar-refractivity contribution in [2.45, 2.75) is 6.61 Å². The number of benzene rings is 3. The van der Waals surface area contributed by atoms with Gasteiger partial charge in [0.2, 0.25) is 0 Å². The second-order valence-electron chi connectivity index (χ2n) is 7.31. The SMILES string of the molecule is O=C(N/N=C\c1cc(Cl)c(OCc2ccc([N+](=O)[O-])cc2)c(Cl)c1)c1cc2cc([N+](=O)[O-])ccc2o1. The van der Waals surface area contributed by atoms with Gasteiger partial charge in [0.1, 0.15) is 12.2 Å². The van der Waals surface area contributed by atoms with E-state index in [1.54, 1.807) is 12.1 Å². The van der Waals surface area contributed by atoms with E-state index in [2.05, 4.69) is 10.5 Å². The zero-order valence-electron chi connectivity index (χ0n) is 18.0. The third kappa shape index (κ3) is 5.59. The molecule has 1 N–H and O–H groups in total. The molecule has 0 unspecified atom stereocenters. The van der Waals surface area contributed by atoms with E-state index in [1.807, 2.05) is 0 Å². The van der Waals surface area contributed by atoms with Crippen molar-refractivity contribution < 1.29 is 23.8 Å². The van der Waals surface area contributed by atoms with Crippen LogP contribution in [-0.2, 0) is 6.61 Å². The van der Waals surface area contributed by atoms with E-state index in [4.69, 9.17) is 32.4 Å². The van der Waals surface area contributed by atoms with Gasteiger partial charge >= 0.3 is 5.91 Å². The summed E-state index contributed by atoms with van der Waals surface area (Å²) < 4.78 is 11.1. The van der Waals surface area contributed by atoms with Gasteiger partial charge in [-0.05, 0) is 47.5 Å². The number of furan rings is 1. The lowest BCUT2D eigenvalue weighted by molar-refractivity contribution is -0.385. The minimum absolute atomic E-state index is 0.0326. The van der Waals surface area contributed by atoms with Gasteiger partial charge in [-0.2, -0.15) is 5.10 Å². The highest BCUT2D eigenvalue weighted by molar-refractivity contribution is 6.37. The number of nitro groups is 2. The average molecular weight is 529 g/mol. The zero-order valence-corrected chi connectivity index (χ0v) is 19.5. The lowest BCUT2D eigenvalue weighted by Gasteiger charge is -2.11. The molecule has 3 aromatic carbocycles. The molecule has 1 heterocycles. The van der Waals surface area contributed by atoms with Gasteiger partial charge in [0.25, 0.3) is 11.4 Å². The average Bonchev–Trinajstić information content (AvgIpc) is 3.27. The number of hydrogen-bond acceptors (Lipinski definition) is 8. The van der Waals surface area contributed by atoms with Crippen LogP contribution in [0.4, 0.5) is 11.4 Å². The fourth-order valence-electron chi connectivity index (χ4n) is 3.14. The number of carbonyl (C=O) groups is 1. The number of hydrazone groups is 1. The Labute approximate surface area is 212 Å². The van der Waals surface area contributed by atoms with E-state index >= 15 is 0 Å². The summed E-state index contributed by atoms with van der Waals surface area (Å²) in [5.41, 5.74) is 3.61. The number of nitrogens with zero attached hydrogens (tertiary/aromatic N) is 3. The Kier molecular flexibility index (Phi) is 7.13. The van der Waals surface area contributed by atoms with Gasteiger partial charge < -0.3 is 9.15 Å². The number of rotatable bonds is 8. The normalized spacial score (nSPS) is 11.1. The lowest BCUT2D eigenvalue weighted by Crippen LogP contribution is -2.16. The van der Waals surface area contributed by atoms with Gasteiger partial charge in [-0.15, -0.1) is 0 Å². The second-order valence-corrected chi connectivity index (χ2v) is 8.13. The van der Waals surface area contributed by atoms with Crippen LogP contribution < -0.4 is 10.2 Å². The largest absolute Gasteiger partial charge is 0.486 e. The first kappa shape index (κ1) is 24.6. The lowest BCUT2D eigenvalue weighted by atomic mass is 10.2. The fraction of sp³-hybridized carbons (Fsp3) is 0.0435. The third-order valence-electron chi connectivity index (χ3n) is 4.87. The van der Waals surface area contributed by atoms with Crippen molar-refractivity contribution in [3.63, 3.8) is 0 Å². The number of non-ortho nitro benzene ring substituents is 2. The molecule has 0 aliphatic carbocycles. The summed E-state index contributed by atoms with van der Waals surface area (Å²) in [6, 6.07) is 14.3. The van der Waals surface area contributed by atoms with Crippen molar-refractivity contribution >= 4 is 57.7 Å². The summed E-state index contributed by atoms with van der Waals surface area (Å²) in [7, 11) is 0. The molecule has 4 aromatic rings. The maximum Gasteiger partial charge on any atom is 0.307 e. The minimum Gasteiger partial charge on any atom is -0.486 e. The van der Waals surface area contributed by atoms with Crippen LogP contribution in [0.5, 0.6) is 5.75 Å². The van der Waals surface area contributed by atoms with E-state index in [0.717, 1.165) is 0 Å². The number of halogens is 2. The molecule has 1 aromatic heterocycles. The monoisotopic (exact) mass is 528 g/mol. The van der Waals surface area contributed by atoms with Crippen LogP contribution in [0.2, 0.25) is 10.0 Å². The number of carbonyl (C=O) groups excluding carboxylic acids is 1. The van der Waals surface area contributed by atoms with Crippen LogP contribution >= 0.6 is 23.2 Å². The summed E-state index contributed by atoms with van der Waals surface area (Å²) in [6.45, 7) is 0.0849. The molecule has 0 atom stereocenters. The van der Waals surface area contributed by atoms with E-state index in [1.165, 1.54) is 54.7 Å². The van der Waals surface area contributed by atoms with Crippen LogP contribution in [0.3, 0.4) is 0 Å². The second kappa shape index (κ2) is 10.4. The third-order valence-corrected chi connectivity index (χ3v) is 5.43. The molecule has 0 aliphatic heterocycles. The maximum atomic E-state index is 12.3. The molecule has 0 saturated heterocycles. The Morgan fingerprint density at radius 3 is 2.25 bits per heavy atom. The molecular formula is C23H14Cl2N4O7. The summed E-state index contributed by atoms with van der Waals surface area (Å²) in [5, 5.41) is 26.3. The first-order valence-electron chi connectivity index (χ1n) is 10.1. The Morgan fingerprint density at radius 2 is 1.61 bits per heavy atom. The summed E-state index contributed by atoms with van der Waals surface area (Å²) in [4.78, 5) is 32.9. The zero-order chi connectivity index (χ0) is 25.8. The van der Waals surface area contributed by atoms with Crippen LogP contribution in [0.1, 0.15) is 21.7 Å². The summed E-state index contributed by atoms with van der Waals surface area (Å²) in [6.07, 6.45) is 1.31. The van der Waals surface area contributed by atoms with E-state index in [-0.39, 0.29) is 39.5 Å². The minimum atomic E-state index is -0.662. The molecule has 182 valence electrons. The van der Waals surface area contributed by atoms with Gasteiger partial charge in [-0.3, -0.25) is 25.0 Å². The predicted molar refractivity (Wildman–Crippen MR) is 132 cm³/mol. The molecule has 1 amide bonds. The fourth-order valence-corrected chi connectivity index (χ4v) is 3.75. The summed E-state index contributed by atoms with van der Waals surface area (Å²) >= 11 is 12.5. The highest BCUT2D eigenvalue weighted by Crippen LogP contribution is 2.34. The molecule has 0 radical (unpaired) electrons. The van der Waals surface area contributed by atoms with E-state index in [9.17, 15) is 25.0 Å². The molecule has 4 rings (SSSR count). The molecule has 0 aliphatic rings. The first-order chi connectivity index (χ1) is 17.2. The number of hydrogen-bond donors (Lipinski definition) is 1. The van der Waals surface area contributed by atoms with Crippen LogP contribution in [0.25, 0.3) is 11.0 Å². The molecular weight excluding hydrogens is 515 g/mol. The number of nitro benzene ring substituents is 2. The molecule has 0 spiro atoms. The Bertz CT molecular complexity index is 1490. The van der Waals surface area contributed by atoms with Crippen molar-refractivity contribution in [2.24, 2.45) is 5.10 Å². The standard InChI is InChI=1S/C23H14Cl2N4O7/c24-18-7-14(8-19(25)22(18)35-12-13-1-3-16(4-2-13)28(31)32)11-26-27-23(30)21-10-15-9-17(29(33)34)5-6-20(15)36-21/h1-11H,12H2,(H,27,30)/b26-11-. The molecule has 0 bridgehead atoms. The van der Waals surface area contributed by atoms with Crippen LogP contribution in [-0.4, -0.2) is 22.0 Å². The van der Waals surface area contributed by atoms with Gasteiger partial charge in [-0.1, -0.05) is 23.2 Å². The molecule has 36 heavy (non-hydrogen) atoms. The quantitative estimate of drug-likeness (QED) is 0.170. The molecule has 13 heteroatoms. The van der Waals surface area contributed by atoms with Gasteiger partial charge in [0.15, 0.2) is 11.5 Å². The van der Waals surface area contributed by atoms with Crippen molar-refractivity contribution in [3.8, 4) is 5.75 Å². The number of nitrogens with one attached hydrogen (secondary N) is 1. The maximum absolute atomic E-state index is 12.3. The van der Waals surface area contributed by atoms with Gasteiger partial charge in [0.05, 0.1) is 26.1 Å². The van der Waals surface area contributed by atoms with Gasteiger partial charge in [-0.25, -0.2) is 5.43 Å². The van der Waals surface area contributed by atoms with E-state index in [0.29, 0.717) is 22.1 Å². The van der Waals surface area contributed by atoms with Crippen molar-refractivity contribution in [3.05, 3.63) is 108 Å². The molecule has 0 fully saturated rings. The Hall–Kier alpha value is -4.48. The van der Waals surface area contributed by atoms with Crippen LogP contribution in [0, 0.1) is 20.2 Å². The topological polar surface area (TPSA) is 150 Å². The van der Waals surface area contributed by atoms with E-state index < -0.39 is 15.8 Å². The number of ether oxygens (including phenoxy) is 1. The van der Waals surface area contributed by atoms with Gasteiger partial charge in [0, 0.05) is 29.7 Å². The van der Waals surface area contributed by atoms with Crippen LogP contribution in [0.15, 0.2) is 70.2 Å². The molecule has 0 saturated carbocycles. The number of amides is 1. The Morgan fingerprint density at radius 1 is 0.972 bits per heavy atom. The van der Waals surface area contributed by atoms with Crippen molar-refractivity contribution in [1.29, 1.82) is 0 Å². The predicted octanol–water partition coefficient (Wildman–Crippen LogP) is 5.90. The smallest absolute Gasteiger partial charge is 0.307 e. The highest BCUT2D eigenvalue weighted by Gasteiger charge is 2.15. The Balaban J connectivity index is 1.39.